The molecule has 2 rings (SSSR count). The van der Waals surface area contributed by atoms with Crippen LogP contribution in [-0.4, -0.2) is 6.38 Å². The highest BCUT2D eigenvalue weighted by atomic mass is 35.5. The molecule has 1 aromatic rings. The van der Waals surface area contributed by atoms with Crippen molar-refractivity contribution in [2.45, 2.75) is 39.0 Å². The Morgan fingerprint density at radius 3 is 2.39 bits per heavy atom. The molecule has 1 aliphatic carbocycles. The molecule has 1 aromatic carbocycles. The van der Waals surface area contributed by atoms with Crippen molar-refractivity contribution in [2.24, 2.45) is 11.8 Å². The molecule has 102 valence electrons. The van der Waals surface area contributed by atoms with Gasteiger partial charge < -0.3 is 0 Å². The fourth-order valence-electron chi connectivity index (χ4n) is 2.55. The molecule has 3 heteroatoms. The molecule has 1 fully saturated rings. The minimum Gasteiger partial charge on any atom is -0.205 e. The highest BCUT2D eigenvalue weighted by Crippen LogP contribution is 2.31. The molecule has 1 aliphatic rings. The largest absolute Gasteiger partial charge is 0.205 e. The lowest BCUT2D eigenvalue weighted by Crippen LogP contribution is -2.15. The molecule has 0 heterocycles. The van der Waals surface area contributed by atoms with E-state index in [2.05, 4.69) is 18.5 Å². The summed E-state index contributed by atoms with van der Waals surface area (Å²) >= 11 is 10.4. The molecule has 0 radical (unpaired) electrons. The first-order valence-electron chi connectivity index (χ1n) is 6.47. The van der Waals surface area contributed by atoms with E-state index in [4.69, 9.17) is 11.6 Å². The van der Waals surface area contributed by atoms with Crippen LogP contribution < -0.4 is 0 Å². The third kappa shape index (κ3) is 4.44. The smallest absolute Gasteiger partial charge is 0.144 e. The first-order chi connectivity index (χ1) is 8.66. The summed E-state index contributed by atoms with van der Waals surface area (Å²) in [6, 6.07) is 5.31. The number of rotatable bonds is 2. The second-order valence-corrected chi connectivity index (χ2v) is 5.45. The molecule has 1 saturated carbocycles. The molecule has 0 N–H and O–H groups in total. The molecule has 0 spiro atoms. The topological polar surface area (TPSA) is 0 Å². The van der Waals surface area contributed by atoms with Crippen molar-refractivity contribution in [2.75, 3.05) is 6.38 Å². The summed E-state index contributed by atoms with van der Waals surface area (Å²) < 4.78 is 13.7. The van der Waals surface area contributed by atoms with E-state index >= 15 is 0 Å². The zero-order chi connectivity index (χ0) is 13.5. The van der Waals surface area contributed by atoms with Crippen molar-refractivity contribution in [1.82, 2.24) is 0 Å². The number of halogens is 3. The first kappa shape index (κ1) is 15.8. The Labute approximate surface area is 119 Å². The molecule has 0 amide bonds. The molecule has 0 bridgehead atoms. The van der Waals surface area contributed by atoms with Crippen LogP contribution in [0.4, 0.5) is 4.39 Å². The van der Waals surface area contributed by atoms with Gasteiger partial charge in [0.25, 0.3) is 0 Å². The van der Waals surface area contributed by atoms with E-state index in [0.29, 0.717) is 5.92 Å². The van der Waals surface area contributed by atoms with Crippen molar-refractivity contribution >= 4 is 23.2 Å². The van der Waals surface area contributed by atoms with Crippen LogP contribution in [0.5, 0.6) is 0 Å². The predicted octanol–water partition coefficient (Wildman–Crippen LogP) is 5.70. The van der Waals surface area contributed by atoms with Crippen molar-refractivity contribution in [3.8, 4) is 0 Å². The standard InChI is InChI=1S/C14H18ClF.CH3Cl/c1-10-5-7-11(8-6-10)9-12-3-2-4-13(15)14(12)16;1-2/h2-4,10-11H,5-9H2,1H3;1H3. The van der Waals surface area contributed by atoms with Crippen LogP contribution in [0.2, 0.25) is 5.02 Å². The molecular formula is C15H21Cl2F. The molecule has 0 aromatic heterocycles. The monoisotopic (exact) mass is 290 g/mol. The van der Waals surface area contributed by atoms with Crippen LogP contribution in [0, 0.1) is 17.7 Å². The maximum Gasteiger partial charge on any atom is 0.144 e. The zero-order valence-electron chi connectivity index (χ0n) is 11.1. The Morgan fingerprint density at radius 1 is 1.17 bits per heavy atom. The lowest BCUT2D eigenvalue weighted by molar-refractivity contribution is 0.287. The van der Waals surface area contributed by atoms with E-state index < -0.39 is 0 Å². The maximum atomic E-state index is 13.7. The van der Waals surface area contributed by atoms with Crippen molar-refractivity contribution in [3.05, 3.63) is 34.6 Å². The zero-order valence-corrected chi connectivity index (χ0v) is 12.6. The van der Waals surface area contributed by atoms with Gasteiger partial charge in [-0.1, -0.05) is 43.5 Å². The van der Waals surface area contributed by atoms with Gasteiger partial charge in [-0.25, -0.2) is 4.39 Å². The summed E-state index contributed by atoms with van der Waals surface area (Å²) in [6.45, 7) is 2.30. The van der Waals surface area contributed by atoms with E-state index in [1.807, 2.05) is 12.1 Å². The average molecular weight is 291 g/mol. The SMILES string of the molecule is CC1CCC(Cc2cccc(Cl)c2F)CC1.CCl. The second-order valence-electron chi connectivity index (χ2n) is 5.04. The highest BCUT2D eigenvalue weighted by Gasteiger charge is 2.20. The van der Waals surface area contributed by atoms with E-state index in [9.17, 15) is 4.39 Å². The van der Waals surface area contributed by atoms with Gasteiger partial charge in [0.15, 0.2) is 0 Å². The summed E-state index contributed by atoms with van der Waals surface area (Å²) in [5.41, 5.74) is 0.784. The van der Waals surface area contributed by atoms with Crippen LogP contribution in [0.25, 0.3) is 0 Å². The van der Waals surface area contributed by atoms with Crippen LogP contribution in [0.15, 0.2) is 18.2 Å². The van der Waals surface area contributed by atoms with Crippen LogP contribution in [0.1, 0.15) is 38.2 Å². The Kier molecular flexibility index (Phi) is 7.03. The van der Waals surface area contributed by atoms with E-state index in [-0.39, 0.29) is 10.8 Å². The Balaban J connectivity index is 0.000000771. The normalized spacial score (nSPS) is 23.2. The highest BCUT2D eigenvalue weighted by molar-refractivity contribution is 6.30. The molecule has 0 nitrogen and oxygen atoms in total. The van der Waals surface area contributed by atoms with Gasteiger partial charge in [0.2, 0.25) is 0 Å². The van der Waals surface area contributed by atoms with Gasteiger partial charge in [0, 0.05) is 6.38 Å². The van der Waals surface area contributed by atoms with Crippen LogP contribution in [0.3, 0.4) is 0 Å². The number of hydrogen-bond donors (Lipinski definition) is 0. The molecule has 0 saturated heterocycles. The molecular weight excluding hydrogens is 270 g/mol. The second kappa shape index (κ2) is 8.01. The van der Waals surface area contributed by atoms with Gasteiger partial charge in [-0.05, 0) is 42.7 Å². The lowest BCUT2D eigenvalue weighted by atomic mass is 9.80. The van der Waals surface area contributed by atoms with Gasteiger partial charge in [-0.2, -0.15) is 0 Å². The average Bonchev–Trinajstić information content (AvgIpc) is 2.40. The molecule has 0 atom stereocenters. The van der Waals surface area contributed by atoms with Crippen molar-refractivity contribution in [1.29, 1.82) is 0 Å². The fourth-order valence-corrected chi connectivity index (χ4v) is 2.74. The van der Waals surface area contributed by atoms with Gasteiger partial charge in [-0.3, -0.25) is 0 Å². The van der Waals surface area contributed by atoms with Crippen molar-refractivity contribution in [3.63, 3.8) is 0 Å². The third-order valence-corrected chi connectivity index (χ3v) is 3.97. The Bertz CT molecular complexity index is 358. The maximum absolute atomic E-state index is 13.7. The minimum atomic E-state index is -0.220. The van der Waals surface area contributed by atoms with Gasteiger partial charge >= 0.3 is 0 Å². The van der Waals surface area contributed by atoms with Gasteiger partial charge in [-0.15, -0.1) is 11.6 Å². The van der Waals surface area contributed by atoms with E-state index in [1.54, 1.807) is 6.07 Å². The summed E-state index contributed by atoms with van der Waals surface area (Å²) in [5, 5.41) is 0.252. The molecule has 0 aliphatic heterocycles. The van der Waals surface area contributed by atoms with Crippen LogP contribution in [-0.2, 0) is 6.42 Å². The summed E-state index contributed by atoms with van der Waals surface area (Å²) in [7, 11) is 0. The van der Waals surface area contributed by atoms with Crippen molar-refractivity contribution < 1.29 is 4.39 Å². The minimum absolute atomic E-state index is 0.220. The van der Waals surface area contributed by atoms with Gasteiger partial charge in [0.1, 0.15) is 5.82 Å². The first-order valence-corrected chi connectivity index (χ1v) is 7.61. The summed E-state index contributed by atoms with van der Waals surface area (Å²) in [5.74, 6) is 1.27. The number of alkyl halides is 1. The van der Waals surface area contributed by atoms with E-state index in [0.717, 1.165) is 17.9 Å². The van der Waals surface area contributed by atoms with Gasteiger partial charge in [0.05, 0.1) is 5.02 Å². The third-order valence-electron chi connectivity index (χ3n) is 3.68. The van der Waals surface area contributed by atoms with Crippen LogP contribution >= 0.6 is 23.2 Å². The lowest BCUT2D eigenvalue weighted by Gasteiger charge is -2.26. The predicted molar refractivity (Wildman–Crippen MR) is 78.0 cm³/mol. The fraction of sp³-hybridized carbons (Fsp3) is 0.600. The quantitative estimate of drug-likeness (QED) is 0.613. The Hall–Kier alpha value is -0.270. The summed E-state index contributed by atoms with van der Waals surface area (Å²) in [6.07, 6.45) is 7.35. The Morgan fingerprint density at radius 2 is 1.78 bits per heavy atom. The molecule has 0 unspecified atom stereocenters. The number of benzene rings is 1. The summed E-state index contributed by atoms with van der Waals surface area (Å²) in [4.78, 5) is 0. The molecule has 18 heavy (non-hydrogen) atoms. The van der Waals surface area contributed by atoms with E-state index in [1.165, 1.54) is 32.1 Å². The number of hydrogen-bond acceptors (Lipinski definition) is 0.